The SMILES string of the molecule is CSCCCCCNc1nc(Cl)ncc1N. The molecule has 6 heteroatoms. The lowest BCUT2D eigenvalue weighted by atomic mass is 10.2. The van der Waals surface area contributed by atoms with Crippen LogP contribution in [0.1, 0.15) is 19.3 Å². The number of hydrogen-bond acceptors (Lipinski definition) is 5. The number of thioether (sulfide) groups is 1. The number of nitrogens with zero attached hydrogens (tertiary/aromatic N) is 2. The Morgan fingerprint density at radius 1 is 1.44 bits per heavy atom. The summed E-state index contributed by atoms with van der Waals surface area (Å²) in [4.78, 5) is 7.82. The first-order valence-electron chi connectivity index (χ1n) is 5.25. The van der Waals surface area contributed by atoms with E-state index >= 15 is 0 Å². The molecule has 0 radical (unpaired) electrons. The number of rotatable bonds is 7. The van der Waals surface area contributed by atoms with Gasteiger partial charge in [-0.3, -0.25) is 0 Å². The molecule has 0 bridgehead atoms. The Kier molecular flexibility index (Phi) is 6.33. The number of anilines is 2. The third-order valence-electron chi connectivity index (χ3n) is 2.11. The van der Waals surface area contributed by atoms with Crippen LogP contribution >= 0.6 is 23.4 Å². The van der Waals surface area contributed by atoms with Gasteiger partial charge in [-0.15, -0.1) is 0 Å². The summed E-state index contributed by atoms with van der Waals surface area (Å²) in [6.45, 7) is 0.867. The zero-order valence-corrected chi connectivity index (χ0v) is 10.9. The number of hydrogen-bond donors (Lipinski definition) is 2. The number of nitrogen functional groups attached to an aromatic ring is 1. The maximum absolute atomic E-state index is 5.70. The van der Waals surface area contributed by atoms with Crippen LogP contribution in [0.25, 0.3) is 0 Å². The van der Waals surface area contributed by atoms with E-state index in [4.69, 9.17) is 17.3 Å². The minimum atomic E-state index is 0.221. The molecule has 0 aliphatic rings. The minimum absolute atomic E-state index is 0.221. The van der Waals surface area contributed by atoms with Gasteiger partial charge in [-0.1, -0.05) is 6.42 Å². The van der Waals surface area contributed by atoms with E-state index in [-0.39, 0.29) is 5.28 Å². The first kappa shape index (κ1) is 13.4. The zero-order valence-electron chi connectivity index (χ0n) is 9.37. The van der Waals surface area contributed by atoms with E-state index in [0.717, 1.165) is 13.0 Å². The van der Waals surface area contributed by atoms with E-state index < -0.39 is 0 Å². The van der Waals surface area contributed by atoms with Crippen molar-refractivity contribution in [3.05, 3.63) is 11.5 Å². The van der Waals surface area contributed by atoms with Gasteiger partial charge in [0.15, 0.2) is 5.82 Å². The monoisotopic (exact) mass is 260 g/mol. The van der Waals surface area contributed by atoms with E-state index in [1.165, 1.54) is 24.8 Å². The van der Waals surface area contributed by atoms with Crippen molar-refractivity contribution in [2.45, 2.75) is 19.3 Å². The fourth-order valence-corrected chi connectivity index (χ4v) is 1.89. The smallest absolute Gasteiger partial charge is 0.224 e. The van der Waals surface area contributed by atoms with Gasteiger partial charge >= 0.3 is 0 Å². The third-order valence-corrected chi connectivity index (χ3v) is 2.98. The summed E-state index contributed by atoms with van der Waals surface area (Å²) < 4.78 is 0. The lowest BCUT2D eigenvalue weighted by Crippen LogP contribution is -2.07. The number of nitrogens with two attached hydrogens (primary N) is 1. The Morgan fingerprint density at radius 2 is 2.25 bits per heavy atom. The van der Waals surface area contributed by atoms with Gasteiger partial charge in [0.1, 0.15) is 0 Å². The lowest BCUT2D eigenvalue weighted by molar-refractivity contribution is 0.748. The Balaban J connectivity index is 2.23. The molecule has 3 N–H and O–H groups in total. The molecule has 90 valence electrons. The molecule has 0 saturated heterocycles. The first-order valence-corrected chi connectivity index (χ1v) is 7.02. The van der Waals surface area contributed by atoms with E-state index in [2.05, 4.69) is 21.5 Å². The van der Waals surface area contributed by atoms with Crippen molar-refractivity contribution in [2.75, 3.05) is 29.6 Å². The van der Waals surface area contributed by atoms with Crippen molar-refractivity contribution in [3.8, 4) is 0 Å². The summed E-state index contributed by atoms with van der Waals surface area (Å²) in [5.74, 6) is 1.85. The molecular formula is C10H17ClN4S. The fraction of sp³-hybridized carbons (Fsp3) is 0.600. The van der Waals surface area contributed by atoms with Gasteiger partial charge in [0.05, 0.1) is 11.9 Å². The standard InChI is InChI=1S/C10H17ClN4S/c1-16-6-4-2-3-5-13-9-8(12)7-14-10(11)15-9/h7H,2-6,12H2,1H3,(H,13,14,15). The number of halogens is 1. The van der Waals surface area contributed by atoms with Crippen LogP contribution < -0.4 is 11.1 Å². The molecule has 0 saturated carbocycles. The summed E-state index contributed by atoms with van der Waals surface area (Å²) in [7, 11) is 0. The molecule has 0 amide bonds. The van der Waals surface area contributed by atoms with Gasteiger partial charge in [0, 0.05) is 6.54 Å². The molecule has 1 rings (SSSR count). The van der Waals surface area contributed by atoms with Crippen LogP contribution in [0.15, 0.2) is 6.20 Å². The zero-order chi connectivity index (χ0) is 11.8. The van der Waals surface area contributed by atoms with Gasteiger partial charge in [0.2, 0.25) is 5.28 Å². The van der Waals surface area contributed by atoms with E-state index in [9.17, 15) is 0 Å². The second kappa shape index (κ2) is 7.57. The molecular weight excluding hydrogens is 244 g/mol. The Labute approximate surface area is 105 Å². The van der Waals surface area contributed by atoms with Gasteiger partial charge < -0.3 is 11.1 Å². The van der Waals surface area contributed by atoms with Crippen LogP contribution in [-0.4, -0.2) is 28.5 Å². The predicted octanol–water partition coefficient (Wildman–Crippen LogP) is 2.66. The van der Waals surface area contributed by atoms with Crippen LogP contribution in [0, 0.1) is 0 Å². The average molecular weight is 261 g/mol. The Hall–Kier alpha value is -0.680. The summed E-state index contributed by atoms with van der Waals surface area (Å²) in [5, 5.41) is 3.38. The highest BCUT2D eigenvalue weighted by molar-refractivity contribution is 7.98. The van der Waals surface area contributed by atoms with Crippen LogP contribution in [0.4, 0.5) is 11.5 Å². The molecule has 0 fully saturated rings. The lowest BCUT2D eigenvalue weighted by Gasteiger charge is -2.07. The Bertz CT molecular complexity index is 322. The first-order chi connectivity index (χ1) is 7.74. The van der Waals surface area contributed by atoms with Crippen molar-refractivity contribution >= 4 is 34.9 Å². The van der Waals surface area contributed by atoms with Crippen molar-refractivity contribution < 1.29 is 0 Å². The average Bonchev–Trinajstić information content (AvgIpc) is 2.28. The molecule has 16 heavy (non-hydrogen) atoms. The van der Waals surface area contributed by atoms with Crippen molar-refractivity contribution in [3.63, 3.8) is 0 Å². The molecule has 1 heterocycles. The normalized spacial score (nSPS) is 10.4. The maximum Gasteiger partial charge on any atom is 0.224 e. The van der Waals surface area contributed by atoms with E-state index in [1.807, 2.05) is 11.8 Å². The van der Waals surface area contributed by atoms with Gasteiger partial charge in [-0.05, 0) is 36.5 Å². The van der Waals surface area contributed by atoms with Gasteiger partial charge in [-0.25, -0.2) is 4.98 Å². The third kappa shape index (κ3) is 4.90. The second-order valence-corrected chi connectivity index (χ2v) is 4.75. The van der Waals surface area contributed by atoms with Crippen LogP contribution in [0.3, 0.4) is 0 Å². The molecule has 0 aliphatic carbocycles. The Morgan fingerprint density at radius 3 is 3.00 bits per heavy atom. The van der Waals surface area contributed by atoms with Crippen molar-refractivity contribution in [1.29, 1.82) is 0 Å². The molecule has 1 aromatic rings. The number of aromatic nitrogens is 2. The van der Waals surface area contributed by atoms with Crippen molar-refractivity contribution in [1.82, 2.24) is 9.97 Å². The highest BCUT2D eigenvalue weighted by Gasteiger charge is 2.01. The molecule has 0 atom stereocenters. The molecule has 0 spiro atoms. The van der Waals surface area contributed by atoms with Gasteiger partial charge in [-0.2, -0.15) is 16.7 Å². The molecule has 4 nitrogen and oxygen atoms in total. The summed E-state index contributed by atoms with van der Waals surface area (Å²) in [6, 6.07) is 0. The summed E-state index contributed by atoms with van der Waals surface area (Å²) in [5.41, 5.74) is 6.24. The van der Waals surface area contributed by atoms with E-state index in [0.29, 0.717) is 11.5 Å². The van der Waals surface area contributed by atoms with Gasteiger partial charge in [0.25, 0.3) is 0 Å². The highest BCUT2D eigenvalue weighted by atomic mass is 35.5. The number of unbranched alkanes of at least 4 members (excludes halogenated alkanes) is 2. The van der Waals surface area contributed by atoms with Crippen molar-refractivity contribution in [2.24, 2.45) is 0 Å². The maximum atomic E-state index is 5.70. The largest absolute Gasteiger partial charge is 0.394 e. The second-order valence-electron chi connectivity index (χ2n) is 3.42. The molecule has 1 aromatic heterocycles. The summed E-state index contributed by atoms with van der Waals surface area (Å²) in [6.07, 6.45) is 7.23. The fourth-order valence-electron chi connectivity index (χ4n) is 1.27. The van der Waals surface area contributed by atoms with Crippen LogP contribution in [0.2, 0.25) is 5.28 Å². The predicted molar refractivity (Wildman–Crippen MR) is 72.2 cm³/mol. The summed E-state index contributed by atoms with van der Waals surface area (Å²) >= 11 is 7.56. The molecule has 0 unspecified atom stereocenters. The van der Waals surface area contributed by atoms with Crippen LogP contribution in [0.5, 0.6) is 0 Å². The van der Waals surface area contributed by atoms with Crippen LogP contribution in [-0.2, 0) is 0 Å². The highest BCUT2D eigenvalue weighted by Crippen LogP contribution is 2.15. The molecule has 0 aliphatic heterocycles. The minimum Gasteiger partial charge on any atom is -0.394 e. The number of nitrogens with one attached hydrogen (secondary N) is 1. The quantitative estimate of drug-likeness (QED) is 0.583. The topological polar surface area (TPSA) is 63.8 Å². The van der Waals surface area contributed by atoms with E-state index in [1.54, 1.807) is 0 Å². The molecule has 0 aromatic carbocycles.